The number of nitrogens with zero attached hydrogens (tertiary/aromatic N) is 1. The average Bonchev–Trinajstić information content (AvgIpc) is 2.30. The number of para-hydroxylation sites is 1. The Morgan fingerprint density at radius 1 is 1.56 bits per heavy atom. The third kappa shape index (κ3) is 2.81. The smallest absolute Gasteiger partial charge is 0.416 e. The number of hydrazine groups is 1. The highest BCUT2D eigenvalue weighted by Crippen LogP contribution is 2.37. The summed E-state index contributed by atoms with van der Waals surface area (Å²) >= 11 is 5.50. The van der Waals surface area contributed by atoms with E-state index in [1.54, 1.807) is 0 Å². The lowest BCUT2D eigenvalue weighted by Gasteiger charge is -2.16. The summed E-state index contributed by atoms with van der Waals surface area (Å²) in [5.41, 5.74) is 0.368. The van der Waals surface area contributed by atoms with Gasteiger partial charge >= 0.3 is 17.7 Å². The molecule has 0 fully saturated rings. The fourth-order valence-corrected chi connectivity index (χ4v) is 1.21. The zero-order chi connectivity index (χ0) is 13.9. The van der Waals surface area contributed by atoms with Gasteiger partial charge in [0.2, 0.25) is 5.75 Å². The Hall–Kier alpha value is -2.00. The van der Waals surface area contributed by atoms with Crippen molar-refractivity contribution in [2.75, 3.05) is 0 Å². The van der Waals surface area contributed by atoms with E-state index in [1.807, 2.05) is 0 Å². The lowest BCUT2D eigenvalue weighted by atomic mass is 10.3. The van der Waals surface area contributed by atoms with E-state index in [0.29, 0.717) is 0 Å². The third-order valence-corrected chi connectivity index (χ3v) is 2.07. The van der Waals surface area contributed by atoms with Crippen molar-refractivity contribution in [3.63, 3.8) is 0 Å². The molecule has 1 aromatic rings. The maximum absolute atomic E-state index is 13.1. The third-order valence-electron chi connectivity index (χ3n) is 1.77. The Morgan fingerprint density at radius 3 is 2.67 bits per heavy atom. The number of nitro groups is 1. The van der Waals surface area contributed by atoms with Crippen LogP contribution in [-0.2, 0) is 4.79 Å². The number of nitrogens with two attached hydrogens (primary N) is 1. The molecule has 10 heteroatoms. The topological polar surface area (TPSA) is 107 Å². The molecule has 0 aromatic heterocycles. The molecule has 0 aliphatic heterocycles. The van der Waals surface area contributed by atoms with Gasteiger partial charge in [-0.25, -0.2) is 5.84 Å². The number of nitro benzene ring substituents is 1. The maximum Gasteiger partial charge on any atom is 0.483 e. The van der Waals surface area contributed by atoms with Crippen molar-refractivity contribution in [3.05, 3.63) is 33.3 Å². The molecule has 1 amide bonds. The molecule has 0 saturated carbocycles. The van der Waals surface area contributed by atoms with Crippen molar-refractivity contribution < 1.29 is 23.2 Å². The van der Waals surface area contributed by atoms with Gasteiger partial charge in [0.15, 0.2) is 0 Å². The number of halogens is 3. The van der Waals surface area contributed by atoms with Crippen LogP contribution in [0.1, 0.15) is 0 Å². The van der Waals surface area contributed by atoms with Crippen molar-refractivity contribution in [3.8, 4) is 5.75 Å². The first kappa shape index (κ1) is 14.1. The summed E-state index contributed by atoms with van der Waals surface area (Å²) in [7, 11) is 0. The molecule has 0 aliphatic rings. The second-order valence-corrected chi connectivity index (χ2v) is 3.34. The molecule has 18 heavy (non-hydrogen) atoms. The van der Waals surface area contributed by atoms with E-state index in [-0.39, 0.29) is 0 Å². The normalized spacial score (nSPS) is 10.9. The van der Waals surface area contributed by atoms with Crippen LogP contribution >= 0.6 is 11.6 Å². The number of amides is 1. The molecule has 1 rings (SSSR count). The number of nitrogens with one attached hydrogen (secondary N) is 1. The highest BCUT2D eigenvalue weighted by atomic mass is 35.5. The molecule has 3 N–H and O–H groups in total. The van der Waals surface area contributed by atoms with Crippen LogP contribution in [0.4, 0.5) is 14.5 Å². The number of hydrogen-bond acceptors (Lipinski definition) is 5. The van der Waals surface area contributed by atoms with E-state index < -0.39 is 33.4 Å². The lowest BCUT2D eigenvalue weighted by Crippen LogP contribution is -2.47. The molecular formula is C8H6ClF2N3O4. The summed E-state index contributed by atoms with van der Waals surface area (Å²) in [5, 5.41) is 10.2. The predicted molar refractivity (Wildman–Crippen MR) is 56.0 cm³/mol. The highest BCUT2D eigenvalue weighted by Gasteiger charge is 2.44. The zero-order valence-corrected chi connectivity index (χ0v) is 9.28. The maximum atomic E-state index is 13.1. The largest absolute Gasteiger partial charge is 0.483 e. The molecule has 0 spiro atoms. The first-order valence-corrected chi connectivity index (χ1v) is 4.68. The number of carbonyl (C=O) groups excluding carboxylic acids is 1. The van der Waals surface area contributed by atoms with Crippen molar-refractivity contribution in [2.24, 2.45) is 5.84 Å². The van der Waals surface area contributed by atoms with Gasteiger partial charge in [-0.2, -0.15) is 8.78 Å². The SMILES string of the molecule is NNC(=O)C(F)(F)Oc1c(Cl)cccc1[N+](=O)[O-]. The van der Waals surface area contributed by atoms with Gasteiger partial charge in [-0.3, -0.25) is 20.3 Å². The molecule has 0 atom stereocenters. The Balaban J connectivity index is 3.18. The van der Waals surface area contributed by atoms with Gasteiger partial charge in [-0.1, -0.05) is 17.7 Å². The first-order valence-electron chi connectivity index (χ1n) is 4.30. The summed E-state index contributed by atoms with van der Waals surface area (Å²) in [6.07, 6.45) is -4.38. The van der Waals surface area contributed by atoms with Gasteiger partial charge in [0.1, 0.15) is 0 Å². The number of rotatable bonds is 4. The van der Waals surface area contributed by atoms with Crippen LogP contribution in [0.5, 0.6) is 5.75 Å². The minimum Gasteiger partial charge on any atom is -0.416 e. The number of benzene rings is 1. The van der Waals surface area contributed by atoms with Gasteiger partial charge in [0, 0.05) is 6.07 Å². The van der Waals surface area contributed by atoms with Crippen LogP contribution in [0.25, 0.3) is 0 Å². The van der Waals surface area contributed by atoms with Gasteiger partial charge in [-0.15, -0.1) is 0 Å². The summed E-state index contributed by atoms with van der Waals surface area (Å²) in [6, 6.07) is 3.17. The number of hydrogen-bond donors (Lipinski definition) is 2. The van der Waals surface area contributed by atoms with Crippen molar-refractivity contribution in [1.29, 1.82) is 0 Å². The van der Waals surface area contributed by atoms with Gasteiger partial charge < -0.3 is 4.74 Å². The lowest BCUT2D eigenvalue weighted by molar-refractivity contribution is -0.386. The van der Waals surface area contributed by atoms with Crippen molar-refractivity contribution in [2.45, 2.75) is 6.11 Å². The Morgan fingerprint density at radius 2 is 2.17 bits per heavy atom. The Kier molecular flexibility index (Phi) is 3.99. The molecule has 0 aliphatic carbocycles. The summed E-state index contributed by atoms with van der Waals surface area (Å²) < 4.78 is 30.2. The predicted octanol–water partition coefficient (Wildman–Crippen LogP) is 1.21. The molecule has 0 unspecified atom stereocenters. The highest BCUT2D eigenvalue weighted by molar-refractivity contribution is 6.32. The molecule has 0 saturated heterocycles. The van der Waals surface area contributed by atoms with Crippen LogP contribution in [-0.4, -0.2) is 16.9 Å². The van der Waals surface area contributed by atoms with E-state index >= 15 is 0 Å². The summed E-state index contributed by atoms with van der Waals surface area (Å²) in [5.74, 6) is 1.64. The second kappa shape index (κ2) is 5.10. The van der Waals surface area contributed by atoms with E-state index in [4.69, 9.17) is 11.6 Å². The van der Waals surface area contributed by atoms with E-state index in [9.17, 15) is 23.7 Å². The monoisotopic (exact) mass is 281 g/mol. The summed E-state index contributed by atoms with van der Waals surface area (Å²) in [4.78, 5) is 20.3. The van der Waals surface area contributed by atoms with Crippen LogP contribution < -0.4 is 16.0 Å². The van der Waals surface area contributed by atoms with E-state index in [1.165, 1.54) is 11.5 Å². The minimum atomic E-state index is -4.38. The van der Waals surface area contributed by atoms with E-state index in [2.05, 4.69) is 10.6 Å². The molecular weight excluding hydrogens is 276 g/mol. The Bertz CT molecular complexity index is 497. The number of alkyl halides is 2. The van der Waals surface area contributed by atoms with Gasteiger partial charge in [0.25, 0.3) is 0 Å². The van der Waals surface area contributed by atoms with Crippen molar-refractivity contribution >= 4 is 23.2 Å². The molecule has 7 nitrogen and oxygen atoms in total. The standard InChI is InChI=1S/C8H6ClF2N3O4/c9-4-2-1-3-5(14(16)17)6(4)18-8(10,11)7(15)13-12/h1-3H,12H2,(H,13,15). The fraction of sp³-hybridized carbons (Fsp3) is 0.125. The van der Waals surface area contributed by atoms with Crippen molar-refractivity contribution in [1.82, 2.24) is 5.43 Å². The second-order valence-electron chi connectivity index (χ2n) is 2.94. The minimum absolute atomic E-state index is 0.436. The molecule has 98 valence electrons. The molecule has 0 radical (unpaired) electrons. The molecule has 0 bridgehead atoms. The Labute approximate surface area is 104 Å². The fourth-order valence-electron chi connectivity index (χ4n) is 1.00. The first-order chi connectivity index (χ1) is 8.29. The van der Waals surface area contributed by atoms with Gasteiger partial charge in [0.05, 0.1) is 9.95 Å². The molecule has 0 heterocycles. The van der Waals surface area contributed by atoms with Gasteiger partial charge in [-0.05, 0) is 6.07 Å². The number of carbonyl (C=O) groups is 1. The zero-order valence-electron chi connectivity index (χ0n) is 8.52. The average molecular weight is 282 g/mol. The van der Waals surface area contributed by atoms with Crippen LogP contribution in [0.3, 0.4) is 0 Å². The molecule has 1 aromatic carbocycles. The quantitative estimate of drug-likeness (QED) is 0.373. The van der Waals surface area contributed by atoms with Crippen LogP contribution in [0.15, 0.2) is 18.2 Å². The number of ether oxygens (including phenoxy) is 1. The van der Waals surface area contributed by atoms with E-state index in [0.717, 1.165) is 12.1 Å². The van der Waals surface area contributed by atoms with Crippen LogP contribution in [0.2, 0.25) is 5.02 Å². The van der Waals surface area contributed by atoms with Crippen LogP contribution in [0, 0.1) is 10.1 Å². The summed E-state index contributed by atoms with van der Waals surface area (Å²) in [6.45, 7) is 0.